The highest BCUT2D eigenvalue weighted by atomic mass is 19.3. The van der Waals surface area contributed by atoms with E-state index in [0.29, 0.717) is 75.2 Å². The lowest BCUT2D eigenvalue weighted by atomic mass is 10.1. The highest BCUT2D eigenvalue weighted by Gasteiger charge is 2.29. The van der Waals surface area contributed by atoms with Crippen molar-refractivity contribution in [3.05, 3.63) is 36.2 Å². The van der Waals surface area contributed by atoms with Crippen LogP contribution in [0.15, 0.2) is 30.3 Å². The van der Waals surface area contributed by atoms with Crippen molar-refractivity contribution >= 4 is 34.6 Å². The van der Waals surface area contributed by atoms with E-state index in [4.69, 9.17) is 10.5 Å². The zero-order valence-corrected chi connectivity index (χ0v) is 19.4. The highest BCUT2D eigenvalue weighted by molar-refractivity contribution is 6.34. The van der Waals surface area contributed by atoms with Gasteiger partial charge in [-0.1, -0.05) is 12.1 Å². The number of likely N-dealkylation sites (tertiary alicyclic amines) is 1. The van der Waals surface area contributed by atoms with E-state index in [-0.39, 0.29) is 11.7 Å². The van der Waals surface area contributed by atoms with Crippen molar-refractivity contribution in [3.8, 4) is 5.82 Å². The van der Waals surface area contributed by atoms with Gasteiger partial charge in [0.05, 0.1) is 24.2 Å². The second-order valence-corrected chi connectivity index (χ2v) is 8.76. The summed E-state index contributed by atoms with van der Waals surface area (Å²) >= 11 is 0. The van der Waals surface area contributed by atoms with Gasteiger partial charge in [-0.3, -0.25) is 14.2 Å². The van der Waals surface area contributed by atoms with Crippen molar-refractivity contribution < 1.29 is 23.1 Å². The normalized spacial score (nSPS) is 18.2. The van der Waals surface area contributed by atoms with E-state index in [9.17, 15) is 18.4 Å². The molecule has 2 saturated heterocycles. The molecule has 11 nitrogen and oxygen atoms in total. The smallest absolute Gasteiger partial charge is 0.311 e. The number of fused-ring (bicyclic) bond motifs is 1. The summed E-state index contributed by atoms with van der Waals surface area (Å²) in [6, 6.07) is 8.53. The number of amides is 2. The fourth-order valence-corrected chi connectivity index (χ4v) is 4.55. The van der Waals surface area contributed by atoms with Crippen molar-refractivity contribution in [2.45, 2.75) is 12.8 Å². The molecule has 190 valence electrons. The van der Waals surface area contributed by atoms with Crippen molar-refractivity contribution in [2.75, 3.05) is 56.2 Å². The van der Waals surface area contributed by atoms with Gasteiger partial charge in [-0.2, -0.15) is 9.97 Å². The Labute approximate surface area is 205 Å². The molecule has 2 aromatic heterocycles. The van der Waals surface area contributed by atoms with E-state index in [2.05, 4.69) is 20.3 Å². The number of alkyl halides is 2. The van der Waals surface area contributed by atoms with Crippen LogP contribution >= 0.6 is 0 Å². The van der Waals surface area contributed by atoms with Crippen LogP contribution in [0.2, 0.25) is 0 Å². The van der Waals surface area contributed by atoms with Crippen LogP contribution in [0.4, 0.5) is 20.5 Å². The highest BCUT2D eigenvalue weighted by Crippen LogP contribution is 2.29. The zero-order valence-electron chi connectivity index (χ0n) is 19.4. The molecule has 0 spiro atoms. The third kappa shape index (κ3) is 4.78. The van der Waals surface area contributed by atoms with Gasteiger partial charge in [0.15, 0.2) is 5.82 Å². The Morgan fingerprint density at radius 3 is 2.67 bits per heavy atom. The van der Waals surface area contributed by atoms with Crippen molar-refractivity contribution in [1.29, 1.82) is 0 Å². The Morgan fingerprint density at radius 1 is 1.14 bits per heavy atom. The van der Waals surface area contributed by atoms with E-state index < -0.39 is 24.1 Å². The minimum atomic E-state index is -2.80. The number of benzene rings is 1. The van der Waals surface area contributed by atoms with Gasteiger partial charge >= 0.3 is 11.8 Å². The van der Waals surface area contributed by atoms with Crippen LogP contribution in [0, 0.1) is 5.92 Å². The number of ether oxygens (including phenoxy) is 1. The average Bonchev–Trinajstić information content (AvgIpc) is 3.52. The molecule has 0 bridgehead atoms. The maximum Gasteiger partial charge on any atom is 0.311 e. The molecule has 0 radical (unpaired) electrons. The summed E-state index contributed by atoms with van der Waals surface area (Å²) in [4.78, 5) is 39.9. The Bertz CT molecular complexity index is 1280. The molecular weight excluding hydrogens is 474 g/mol. The summed E-state index contributed by atoms with van der Waals surface area (Å²) in [6.45, 7) is 3.47. The van der Waals surface area contributed by atoms with Gasteiger partial charge in [0.2, 0.25) is 5.95 Å². The number of morpholine rings is 1. The number of carbonyl (C=O) groups is 2. The van der Waals surface area contributed by atoms with Crippen LogP contribution in [0.3, 0.4) is 0 Å². The third-order valence-corrected chi connectivity index (χ3v) is 6.36. The molecule has 3 aromatic rings. The number of aromatic nitrogens is 4. The number of hydrogen-bond donors (Lipinski definition) is 2. The van der Waals surface area contributed by atoms with Gasteiger partial charge in [-0.25, -0.2) is 13.8 Å². The van der Waals surface area contributed by atoms with Crippen LogP contribution in [-0.4, -0.2) is 82.2 Å². The van der Waals surface area contributed by atoms with Gasteiger partial charge in [0.25, 0.3) is 6.43 Å². The lowest BCUT2D eigenvalue weighted by molar-refractivity contribution is -0.143. The second kappa shape index (κ2) is 10.0. The van der Waals surface area contributed by atoms with Crippen LogP contribution in [-0.2, 0) is 14.3 Å². The number of halogens is 2. The number of imidazole rings is 1. The molecule has 2 aliphatic heterocycles. The van der Waals surface area contributed by atoms with E-state index >= 15 is 0 Å². The standard InChI is InChI=1S/C23H26F2N8O3/c24-19(25)21-28-15-3-1-2-4-16(15)33(21)18-11-17(29-23(30-18)31-7-9-36-10-8-31)27-12-14-5-6-32(13-14)22(35)20(26)34/h1-4,11,14,19H,5-10,12-13H2,(H2,26,34)(H,27,29,30)/t14-/m1/s1. The van der Waals surface area contributed by atoms with Crippen LogP contribution in [0.5, 0.6) is 0 Å². The van der Waals surface area contributed by atoms with Crippen LogP contribution in [0.1, 0.15) is 18.7 Å². The van der Waals surface area contributed by atoms with Gasteiger partial charge in [0, 0.05) is 38.8 Å². The topological polar surface area (TPSA) is 132 Å². The van der Waals surface area contributed by atoms with Crippen LogP contribution < -0.4 is 16.0 Å². The fraction of sp³-hybridized carbons (Fsp3) is 0.435. The summed E-state index contributed by atoms with van der Waals surface area (Å²) < 4.78 is 34.8. The second-order valence-electron chi connectivity index (χ2n) is 8.76. The Balaban J connectivity index is 1.46. The SMILES string of the molecule is NC(=O)C(=O)N1CC[C@H](CNc2cc(-n3c(C(F)F)nc4ccccc43)nc(N3CCOCC3)n2)C1. The number of para-hydroxylation sites is 2. The van der Waals surface area contributed by atoms with Gasteiger partial charge < -0.3 is 25.6 Å². The number of rotatable bonds is 6. The maximum absolute atomic E-state index is 14.0. The molecule has 2 amide bonds. The summed E-state index contributed by atoms with van der Waals surface area (Å²) in [7, 11) is 0. The first kappa shape index (κ1) is 23.9. The maximum atomic E-state index is 14.0. The molecule has 2 fully saturated rings. The Kier molecular flexibility index (Phi) is 6.63. The van der Waals surface area contributed by atoms with Gasteiger partial charge in [0.1, 0.15) is 11.6 Å². The number of hydrogen-bond acceptors (Lipinski definition) is 8. The molecule has 0 aliphatic carbocycles. The average molecular weight is 501 g/mol. The van der Waals surface area contributed by atoms with Crippen LogP contribution in [0.25, 0.3) is 16.9 Å². The quantitative estimate of drug-likeness (QED) is 0.485. The van der Waals surface area contributed by atoms with E-state index in [1.807, 2.05) is 4.90 Å². The third-order valence-electron chi connectivity index (χ3n) is 6.36. The first-order chi connectivity index (χ1) is 17.4. The van der Waals surface area contributed by atoms with E-state index in [1.165, 1.54) is 9.47 Å². The van der Waals surface area contributed by atoms with Gasteiger partial charge in [-0.05, 0) is 24.5 Å². The molecule has 4 heterocycles. The number of primary amides is 1. The van der Waals surface area contributed by atoms with Gasteiger partial charge in [-0.15, -0.1) is 0 Å². The predicted octanol–water partition coefficient (Wildman–Crippen LogP) is 1.34. The Morgan fingerprint density at radius 2 is 1.92 bits per heavy atom. The molecule has 1 aromatic carbocycles. The zero-order chi connectivity index (χ0) is 25.2. The molecule has 1 atom stereocenters. The summed E-state index contributed by atoms with van der Waals surface area (Å²) in [5, 5.41) is 3.27. The monoisotopic (exact) mass is 500 g/mol. The summed E-state index contributed by atoms with van der Waals surface area (Å²) in [5.41, 5.74) is 6.07. The predicted molar refractivity (Wildman–Crippen MR) is 127 cm³/mol. The molecular formula is C23H26F2N8O3. The van der Waals surface area contributed by atoms with E-state index in [0.717, 1.165) is 0 Å². The van der Waals surface area contributed by atoms with E-state index in [1.54, 1.807) is 30.3 Å². The molecule has 0 unspecified atom stereocenters. The number of carbonyl (C=O) groups excluding carboxylic acids is 2. The first-order valence-corrected chi connectivity index (χ1v) is 11.7. The fourth-order valence-electron chi connectivity index (χ4n) is 4.55. The summed E-state index contributed by atoms with van der Waals surface area (Å²) in [6.07, 6.45) is -2.11. The number of nitrogens with two attached hydrogens (primary N) is 1. The molecule has 2 aliphatic rings. The molecule has 5 rings (SSSR count). The van der Waals surface area contributed by atoms with Crippen molar-refractivity contribution in [3.63, 3.8) is 0 Å². The lowest BCUT2D eigenvalue weighted by Crippen LogP contribution is -2.39. The van der Waals surface area contributed by atoms with Crippen molar-refractivity contribution in [2.24, 2.45) is 11.7 Å². The molecule has 36 heavy (non-hydrogen) atoms. The number of nitrogens with zero attached hydrogens (tertiary/aromatic N) is 6. The minimum absolute atomic E-state index is 0.0734. The van der Waals surface area contributed by atoms with Crippen molar-refractivity contribution in [1.82, 2.24) is 24.4 Å². The number of anilines is 2. The molecule has 3 N–H and O–H groups in total. The molecule has 13 heteroatoms. The lowest BCUT2D eigenvalue weighted by Gasteiger charge is -2.27. The largest absolute Gasteiger partial charge is 0.378 e. The number of nitrogens with one attached hydrogen (secondary N) is 1. The first-order valence-electron chi connectivity index (χ1n) is 11.7. The minimum Gasteiger partial charge on any atom is -0.378 e. The molecule has 0 saturated carbocycles. The Hall–Kier alpha value is -3.87. The summed E-state index contributed by atoms with van der Waals surface area (Å²) in [5.74, 6) is -0.860.